The fourth-order valence-electron chi connectivity index (χ4n) is 5.55. The van der Waals surface area contributed by atoms with E-state index in [0.717, 1.165) is 22.3 Å². The highest BCUT2D eigenvalue weighted by molar-refractivity contribution is 5.87. The molecule has 0 bridgehead atoms. The largest absolute Gasteiger partial charge is 0.491 e. The Morgan fingerprint density at radius 1 is 0.750 bits per heavy atom. The minimum absolute atomic E-state index is 0.0503. The van der Waals surface area contributed by atoms with Crippen molar-refractivity contribution in [2.75, 3.05) is 49.9 Å². The van der Waals surface area contributed by atoms with E-state index in [1.54, 1.807) is 35.2 Å². The maximum Gasteiger partial charge on any atom is 0.414 e. The standard InChI is InChI=1S/C41H44N4O7/c1-49-40(47)44-33-17-13-31(14-18-33)37(32-15-19-34(20-16-32)45(41(48)50-2)26-29-9-5-3-6-10-29)25-43-24-35(46)28-51-36-21-22-39(38(42)23-36)52-27-30-11-7-4-8-12-30/h3-23,35,37,43,46H,24-28,42H2,1-2H3,(H,44,47)/t35-,37?/m0/s1. The Kier molecular flexibility index (Phi) is 13.5. The monoisotopic (exact) mass is 704 g/mol. The third kappa shape index (κ3) is 10.7. The number of ether oxygens (including phenoxy) is 4. The molecule has 1 unspecified atom stereocenters. The second kappa shape index (κ2) is 18.8. The number of amides is 2. The Labute approximate surface area is 303 Å². The van der Waals surface area contributed by atoms with Crippen LogP contribution in [0.25, 0.3) is 0 Å². The molecule has 0 aliphatic rings. The average Bonchev–Trinajstić information content (AvgIpc) is 3.18. The highest BCUT2D eigenvalue weighted by Crippen LogP contribution is 2.29. The number of hydrogen-bond acceptors (Lipinski definition) is 9. The average molecular weight is 705 g/mol. The van der Waals surface area contributed by atoms with Crippen LogP contribution in [-0.2, 0) is 22.6 Å². The maximum atomic E-state index is 12.8. The zero-order valence-electron chi connectivity index (χ0n) is 29.2. The second-order valence-corrected chi connectivity index (χ2v) is 12.0. The molecule has 0 saturated carbocycles. The number of anilines is 3. The second-order valence-electron chi connectivity index (χ2n) is 12.0. The molecule has 5 aromatic rings. The van der Waals surface area contributed by atoms with Crippen LogP contribution in [0.2, 0.25) is 0 Å². The number of hydrogen-bond donors (Lipinski definition) is 4. The summed E-state index contributed by atoms with van der Waals surface area (Å²) in [5.74, 6) is 0.939. The van der Waals surface area contributed by atoms with Gasteiger partial charge >= 0.3 is 12.2 Å². The summed E-state index contributed by atoms with van der Waals surface area (Å²) in [6.45, 7) is 1.54. The number of nitrogens with one attached hydrogen (secondary N) is 2. The third-order valence-electron chi connectivity index (χ3n) is 8.32. The van der Waals surface area contributed by atoms with Crippen molar-refractivity contribution in [2.24, 2.45) is 0 Å². The first-order chi connectivity index (χ1) is 25.3. The van der Waals surface area contributed by atoms with Crippen molar-refractivity contribution >= 4 is 29.2 Å². The molecule has 0 spiro atoms. The fourth-order valence-corrected chi connectivity index (χ4v) is 5.55. The van der Waals surface area contributed by atoms with Crippen LogP contribution < -0.4 is 30.7 Å². The van der Waals surface area contributed by atoms with Crippen LogP contribution in [0.4, 0.5) is 26.7 Å². The molecular formula is C41H44N4O7. The highest BCUT2D eigenvalue weighted by Gasteiger charge is 2.20. The van der Waals surface area contributed by atoms with Crippen LogP contribution >= 0.6 is 0 Å². The van der Waals surface area contributed by atoms with E-state index in [1.807, 2.05) is 97.1 Å². The van der Waals surface area contributed by atoms with Crippen molar-refractivity contribution in [3.63, 3.8) is 0 Å². The summed E-state index contributed by atoms with van der Waals surface area (Å²) in [6, 6.07) is 39.9. The predicted octanol–water partition coefficient (Wildman–Crippen LogP) is 6.96. The number of rotatable bonds is 16. The zero-order chi connectivity index (χ0) is 36.7. The lowest BCUT2D eigenvalue weighted by molar-refractivity contribution is 0.106. The van der Waals surface area contributed by atoms with Gasteiger partial charge in [0.25, 0.3) is 0 Å². The molecule has 0 aromatic heterocycles. The van der Waals surface area contributed by atoms with E-state index in [9.17, 15) is 14.7 Å². The lowest BCUT2D eigenvalue weighted by Gasteiger charge is -2.24. The lowest BCUT2D eigenvalue weighted by atomic mass is 9.90. The number of aliphatic hydroxyl groups is 1. The van der Waals surface area contributed by atoms with Crippen LogP contribution in [-0.4, -0.2) is 57.3 Å². The van der Waals surface area contributed by atoms with Gasteiger partial charge < -0.3 is 35.1 Å². The summed E-state index contributed by atoms with van der Waals surface area (Å²) in [5, 5.41) is 16.8. The molecule has 0 fully saturated rings. The minimum Gasteiger partial charge on any atom is -0.491 e. The first kappa shape index (κ1) is 37.2. The van der Waals surface area contributed by atoms with E-state index in [4.69, 9.17) is 24.7 Å². The van der Waals surface area contributed by atoms with Gasteiger partial charge in [0, 0.05) is 36.4 Å². The summed E-state index contributed by atoms with van der Waals surface area (Å²) >= 11 is 0. The molecular weight excluding hydrogens is 660 g/mol. The van der Waals surface area contributed by atoms with Crippen molar-refractivity contribution in [3.05, 3.63) is 150 Å². The van der Waals surface area contributed by atoms with Gasteiger partial charge in [-0.1, -0.05) is 84.9 Å². The molecule has 52 heavy (non-hydrogen) atoms. The number of carbonyl (C=O) groups excluding carboxylic acids is 2. The van der Waals surface area contributed by atoms with Gasteiger partial charge in [0.1, 0.15) is 30.8 Å². The lowest BCUT2D eigenvalue weighted by Crippen LogP contribution is -2.34. The van der Waals surface area contributed by atoms with Gasteiger partial charge in [-0.25, -0.2) is 9.59 Å². The van der Waals surface area contributed by atoms with E-state index >= 15 is 0 Å². The molecule has 5 N–H and O–H groups in total. The zero-order valence-corrected chi connectivity index (χ0v) is 29.2. The molecule has 0 aliphatic carbocycles. The Balaban J connectivity index is 1.22. The Hall–Kier alpha value is -6.04. The molecule has 11 heteroatoms. The van der Waals surface area contributed by atoms with Gasteiger partial charge in [-0.05, 0) is 58.7 Å². The summed E-state index contributed by atoms with van der Waals surface area (Å²) < 4.78 is 21.5. The fraction of sp³-hybridized carbons (Fsp3) is 0.220. The molecule has 0 heterocycles. The van der Waals surface area contributed by atoms with E-state index in [-0.39, 0.29) is 19.1 Å². The summed E-state index contributed by atoms with van der Waals surface area (Å²) in [7, 11) is 2.67. The SMILES string of the molecule is COC(=O)Nc1ccc(C(CNC[C@H](O)COc2ccc(OCc3ccccc3)c(N)c2)c2ccc(N(Cc3ccccc3)C(=O)OC)cc2)cc1. The molecule has 2 amide bonds. The van der Waals surface area contributed by atoms with E-state index in [0.29, 0.717) is 48.3 Å². The van der Waals surface area contributed by atoms with Gasteiger partial charge in [-0.2, -0.15) is 0 Å². The molecule has 5 aromatic carbocycles. The van der Waals surface area contributed by atoms with Crippen molar-refractivity contribution in [3.8, 4) is 11.5 Å². The number of carbonyl (C=O) groups is 2. The van der Waals surface area contributed by atoms with Gasteiger partial charge in [0.2, 0.25) is 0 Å². The van der Waals surface area contributed by atoms with Crippen LogP contribution in [0.3, 0.4) is 0 Å². The van der Waals surface area contributed by atoms with E-state index < -0.39 is 18.3 Å². The number of methoxy groups -OCH3 is 2. The Bertz CT molecular complexity index is 1860. The summed E-state index contributed by atoms with van der Waals surface area (Å²) in [4.78, 5) is 26.1. The molecule has 0 radical (unpaired) electrons. The van der Waals surface area contributed by atoms with Gasteiger partial charge in [0.15, 0.2) is 0 Å². The number of nitrogens with zero attached hydrogens (tertiary/aromatic N) is 1. The molecule has 2 atom stereocenters. The molecule has 0 aliphatic heterocycles. The van der Waals surface area contributed by atoms with Crippen molar-refractivity contribution in [1.29, 1.82) is 0 Å². The molecule has 270 valence electrons. The summed E-state index contributed by atoms with van der Waals surface area (Å²) in [5.41, 5.74) is 11.9. The molecule has 0 saturated heterocycles. The number of nitrogens with two attached hydrogens (primary N) is 1. The van der Waals surface area contributed by atoms with Crippen molar-refractivity contribution in [1.82, 2.24) is 5.32 Å². The van der Waals surface area contributed by atoms with Crippen molar-refractivity contribution < 1.29 is 33.6 Å². The topological polar surface area (TPSA) is 145 Å². The Morgan fingerprint density at radius 3 is 2.00 bits per heavy atom. The van der Waals surface area contributed by atoms with E-state index in [2.05, 4.69) is 10.6 Å². The first-order valence-corrected chi connectivity index (χ1v) is 16.8. The van der Waals surface area contributed by atoms with Crippen LogP contribution in [0.1, 0.15) is 28.2 Å². The maximum absolute atomic E-state index is 12.8. The van der Waals surface area contributed by atoms with Gasteiger partial charge in [-0.3, -0.25) is 10.2 Å². The quantitative estimate of drug-likeness (QED) is 0.0802. The van der Waals surface area contributed by atoms with Crippen molar-refractivity contribution in [2.45, 2.75) is 25.2 Å². The number of benzene rings is 5. The van der Waals surface area contributed by atoms with Crippen LogP contribution in [0.15, 0.2) is 127 Å². The van der Waals surface area contributed by atoms with E-state index in [1.165, 1.54) is 14.2 Å². The number of aliphatic hydroxyl groups excluding tert-OH is 1. The minimum atomic E-state index is -0.809. The summed E-state index contributed by atoms with van der Waals surface area (Å²) in [6.07, 6.45) is -1.83. The van der Waals surface area contributed by atoms with Gasteiger partial charge in [-0.15, -0.1) is 0 Å². The predicted molar refractivity (Wildman–Crippen MR) is 202 cm³/mol. The smallest absolute Gasteiger partial charge is 0.414 e. The van der Waals surface area contributed by atoms with Gasteiger partial charge in [0.05, 0.1) is 26.5 Å². The Morgan fingerprint density at radius 2 is 1.38 bits per heavy atom. The van der Waals surface area contributed by atoms with Crippen LogP contribution in [0, 0.1) is 0 Å². The first-order valence-electron chi connectivity index (χ1n) is 16.8. The number of nitrogen functional groups attached to an aromatic ring is 1. The molecule has 5 rings (SSSR count). The molecule has 11 nitrogen and oxygen atoms in total. The normalized spacial score (nSPS) is 11.9. The third-order valence-corrected chi connectivity index (χ3v) is 8.32. The van der Waals surface area contributed by atoms with Crippen LogP contribution in [0.5, 0.6) is 11.5 Å². The highest BCUT2D eigenvalue weighted by atomic mass is 16.5.